The summed E-state index contributed by atoms with van der Waals surface area (Å²) >= 11 is 0. The molecule has 126 valence electrons. The maximum atomic E-state index is 12.9. The highest BCUT2D eigenvalue weighted by Crippen LogP contribution is 2.32. The van der Waals surface area contributed by atoms with Crippen LogP contribution >= 0.6 is 0 Å². The van der Waals surface area contributed by atoms with E-state index in [-0.39, 0.29) is 5.91 Å². The summed E-state index contributed by atoms with van der Waals surface area (Å²) in [5.74, 6) is 0.162. The number of hydrogen-bond donors (Lipinski definition) is 2. The highest BCUT2D eigenvalue weighted by molar-refractivity contribution is 6.01. The zero-order valence-corrected chi connectivity index (χ0v) is 13.8. The second-order valence-corrected chi connectivity index (χ2v) is 6.25. The van der Waals surface area contributed by atoms with Gasteiger partial charge < -0.3 is 14.9 Å². The number of carbonyl (C=O) groups excluding carboxylic acids is 1. The maximum Gasteiger partial charge on any atom is 0.257 e. The minimum absolute atomic E-state index is 0.293. The molecule has 2 aromatic carbocycles. The van der Waals surface area contributed by atoms with Gasteiger partial charge in [0.15, 0.2) is 0 Å². The van der Waals surface area contributed by atoms with Crippen molar-refractivity contribution in [2.75, 3.05) is 0 Å². The molecular formula is C20H18N2O3. The van der Waals surface area contributed by atoms with Gasteiger partial charge in [0.25, 0.3) is 5.91 Å². The fourth-order valence-electron chi connectivity index (χ4n) is 3.39. The Morgan fingerprint density at radius 3 is 2.68 bits per heavy atom. The zero-order valence-electron chi connectivity index (χ0n) is 13.8. The lowest BCUT2D eigenvalue weighted by Gasteiger charge is -2.18. The highest BCUT2D eigenvalue weighted by Gasteiger charge is 2.33. The Morgan fingerprint density at radius 2 is 1.88 bits per heavy atom. The number of nitrogens with one attached hydrogen (secondary N) is 1. The number of carbonyl (C=O) groups is 1. The number of hydrogen-bond acceptors (Lipinski definition) is 4. The zero-order chi connectivity index (χ0) is 17.4. The molecule has 0 spiro atoms. The third-order valence-corrected chi connectivity index (χ3v) is 4.63. The molecule has 1 heterocycles. The van der Waals surface area contributed by atoms with Gasteiger partial charge >= 0.3 is 0 Å². The van der Waals surface area contributed by atoms with Gasteiger partial charge in [-0.15, -0.1) is 0 Å². The molecule has 0 radical (unpaired) electrons. The van der Waals surface area contributed by atoms with E-state index in [0.29, 0.717) is 23.4 Å². The van der Waals surface area contributed by atoms with Crippen molar-refractivity contribution in [2.24, 2.45) is 0 Å². The first-order chi connectivity index (χ1) is 12.1. The van der Waals surface area contributed by atoms with Gasteiger partial charge in [-0.2, -0.15) is 0 Å². The van der Waals surface area contributed by atoms with E-state index in [1.807, 2.05) is 54.6 Å². The van der Waals surface area contributed by atoms with Crippen molar-refractivity contribution in [3.8, 4) is 11.3 Å². The summed E-state index contributed by atoms with van der Waals surface area (Å²) in [5.41, 5.74) is 3.75. The molecule has 1 aliphatic rings. The van der Waals surface area contributed by atoms with E-state index in [1.54, 1.807) is 6.92 Å². The fourth-order valence-corrected chi connectivity index (χ4v) is 3.39. The first kappa shape index (κ1) is 15.6. The molecule has 1 aromatic heterocycles. The van der Waals surface area contributed by atoms with Crippen LogP contribution in [0.4, 0.5) is 0 Å². The van der Waals surface area contributed by atoms with Crippen molar-refractivity contribution in [2.45, 2.75) is 25.5 Å². The van der Waals surface area contributed by atoms with Crippen molar-refractivity contribution < 1.29 is 14.4 Å². The Labute approximate surface area is 145 Å². The number of aryl methyl sites for hydroxylation is 1. The first-order valence-corrected chi connectivity index (χ1v) is 8.23. The van der Waals surface area contributed by atoms with Gasteiger partial charge in [0.2, 0.25) is 0 Å². The second-order valence-electron chi connectivity index (χ2n) is 6.25. The fraction of sp³-hybridized carbons (Fsp3) is 0.200. The Bertz CT molecular complexity index is 918. The Morgan fingerprint density at radius 1 is 1.16 bits per heavy atom. The summed E-state index contributed by atoms with van der Waals surface area (Å²) in [7, 11) is 0. The molecule has 4 rings (SSSR count). The summed E-state index contributed by atoms with van der Waals surface area (Å²) in [6, 6.07) is 16.8. The Hall–Kier alpha value is -2.92. The molecule has 25 heavy (non-hydrogen) atoms. The monoisotopic (exact) mass is 334 g/mol. The number of aromatic nitrogens is 1. The topological polar surface area (TPSA) is 75.4 Å². The molecular weight excluding hydrogens is 316 g/mol. The lowest BCUT2D eigenvalue weighted by molar-refractivity contribution is 0.0857. The first-order valence-electron chi connectivity index (χ1n) is 8.23. The van der Waals surface area contributed by atoms with Crippen LogP contribution in [0.5, 0.6) is 0 Å². The summed E-state index contributed by atoms with van der Waals surface area (Å²) in [5, 5.41) is 17.4. The third-order valence-electron chi connectivity index (χ3n) is 4.63. The summed E-state index contributed by atoms with van der Waals surface area (Å²) < 4.78 is 5.26. The number of amides is 1. The van der Waals surface area contributed by atoms with Crippen molar-refractivity contribution in [3.63, 3.8) is 0 Å². The second kappa shape index (κ2) is 6.18. The molecule has 3 aromatic rings. The number of rotatable bonds is 3. The van der Waals surface area contributed by atoms with Crippen LogP contribution in [0.2, 0.25) is 0 Å². The third kappa shape index (κ3) is 2.72. The summed E-state index contributed by atoms with van der Waals surface area (Å²) in [4.78, 5) is 12.9. The van der Waals surface area contributed by atoms with Crippen LogP contribution in [-0.4, -0.2) is 22.3 Å². The molecule has 0 saturated heterocycles. The van der Waals surface area contributed by atoms with E-state index >= 15 is 0 Å². The molecule has 1 aliphatic carbocycles. The average Bonchev–Trinajstić information content (AvgIpc) is 3.16. The van der Waals surface area contributed by atoms with Gasteiger partial charge in [-0.1, -0.05) is 59.8 Å². The van der Waals surface area contributed by atoms with E-state index in [2.05, 4.69) is 10.5 Å². The largest absolute Gasteiger partial charge is 0.390 e. The standard InChI is InChI=1S/C20H18N2O3/c1-12-17(18(22-25-12)13-7-3-2-4-8-13)20(24)21-19-15-10-6-5-9-14(15)11-16(19)23/h2-10,16,19,23H,11H2,1H3,(H,21,24)/t16-,19+/m0/s1. The molecule has 5 heteroatoms. The van der Waals surface area contributed by atoms with Crippen molar-refractivity contribution in [3.05, 3.63) is 77.0 Å². The predicted molar refractivity (Wildman–Crippen MR) is 93.0 cm³/mol. The molecule has 0 unspecified atom stereocenters. The van der Waals surface area contributed by atoms with Crippen LogP contribution in [0.25, 0.3) is 11.3 Å². The lowest BCUT2D eigenvalue weighted by Crippen LogP contribution is -2.34. The molecule has 2 atom stereocenters. The lowest BCUT2D eigenvalue weighted by atomic mass is 10.0. The molecule has 2 N–H and O–H groups in total. The van der Waals surface area contributed by atoms with Gasteiger partial charge in [-0.05, 0) is 18.1 Å². The number of aliphatic hydroxyl groups is 1. The quantitative estimate of drug-likeness (QED) is 0.772. The molecule has 1 amide bonds. The SMILES string of the molecule is Cc1onc(-c2ccccc2)c1C(=O)N[C@@H]1c2ccccc2C[C@@H]1O. The van der Waals surface area contributed by atoms with Crippen LogP contribution < -0.4 is 5.32 Å². The van der Waals surface area contributed by atoms with Crippen LogP contribution in [-0.2, 0) is 6.42 Å². The van der Waals surface area contributed by atoms with Crippen molar-refractivity contribution in [1.29, 1.82) is 0 Å². The number of nitrogens with zero attached hydrogens (tertiary/aromatic N) is 1. The number of benzene rings is 2. The van der Waals surface area contributed by atoms with E-state index in [9.17, 15) is 9.90 Å². The normalized spacial score (nSPS) is 18.8. The molecule has 5 nitrogen and oxygen atoms in total. The Balaban J connectivity index is 1.66. The molecule has 0 fully saturated rings. The van der Waals surface area contributed by atoms with Crippen LogP contribution in [0, 0.1) is 6.92 Å². The summed E-state index contributed by atoms with van der Waals surface area (Å²) in [6.45, 7) is 1.72. The van der Waals surface area contributed by atoms with Gasteiger partial charge in [0, 0.05) is 12.0 Å². The number of aliphatic hydroxyl groups excluding tert-OH is 1. The number of fused-ring (bicyclic) bond motifs is 1. The van der Waals surface area contributed by atoms with E-state index in [1.165, 1.54) is 0 Å². The highest BCUT2D eigenvalue weighted by atomic mass is 16.5. The van der Waals surface area contributed by atoms with Crippen molar-refractivity contribution in [1.82, 2.24) is 10.5 Å². The van der Waals surface area contributed by atoms with Gasteiger partial charge in [-0.3, -0.25) is 4.79 Å². The van der Waals surface area contributed by atoms with E-state index in [0.717, 1.165) is 16.7 Å². The van der Waals surface area contributed by atoms with Crippen molar-refractivity contribution >= 4 is 5.91 Å². The maximum absolute atomic E-state index is 12.9. The smallest absolute Gasteiger partial charge is 0.257 e. The van der Waals surface area contributed by atoms with E-state index < -0.39 is 12.1 Å². The predicted octanol–water partition coefficient (Wildman–Crippen LogP) is 3.04. The van der Waals surface area contributed by atoms with Crippen LogP contribution in [0.3, 0.4) is 0 Å². The average molecular weight is 334 g/mol. The van der Waals surface area contributed by atoms with E-state index in [4.69, 9.17) is 4.52 Å². The molecule has 0 aliphatic heterocycles. The van der Waals surface area contributed by atoms with Gasteiger partial charge in [-0.25, -0.2) is 0 Å². The minimum atomic E-state index is -0.637. The van der Waals surface area contributed by atoms with Crippen LogP contribution in [0.15, 0.2) is 59.1 Å². The van der Waals surface area contributed by atoms with Gasteiger partial charge in [0.05, 0.1) is 12.1 Å². The minimum Gasteiger partial charge on any atom is -0.390 e. The molecule has 0 saturated carbocycles. The Kier molecular flexibility index (Phi) is 3.86. The summed E-state index contributed by atoms with van der Waals surface area (Å²) in [6.07, 6.45) is -0.100. The van der Waals surface area contributed by atoms with Crippen LogP contribution in [0.1, 0.15) is 33.3 Å². The molecule has 0 bridgehead atoms. The van der Waals surface area contributed by atoms with Gasteiger partial charge in [0.1, 0.15) is 17.0 Å².